The molecule has 1 aliphatic heterocycles. The highest BCUT2D eigenvalue weighted by Crippen LogP contribution is 2.24. The molecule has 1 amide bonds. The SMILES string of the molecule is C=CCCN1C(=O)O[C@@H](CC)[C@@H]1CC=C. The predicted octanol–water partition coefficient (Wildman–Crippen LogP) is 2.74. The van der Waals surface area contributed by atoms with Gasteiger partial charge in [-0.05, 0) is 19.3 Å². The molecule has 0 bridgehead atoms. The highest BCUT2D eigenvalue weighted by atomic mass is 16.6. The Bertz CT molecular complexity index is 250. The maximum Gasteiger partial charge on any atom is 0.410 e. The van der Waals surface area contributed by atoms with Crippen molar-refractivity contribution in [3.05, 3.63) is 25.3 Å². The van der Waals surface area contributed by atoms with Gasteiger partial charge in [0, 0.05) is 6.54 Å². The van der Waals surface area contributed by atoms with Gasteiger partial charge in [-0.1, -0.05) is 19.1 Å². The van der Waals surface area contributed by atoms with E-state index in [2.05, 4.69) is 13.2 Å². The second-order valence-electron chi connectivity index (χ2n) is 3.69. The number of hydrogen-bond donors (Lipinski definition) is 0. The van der Waals surface area contributed by atoms with Crippen LogP contribution in [0.1, 0.15) is 26.2 Å². The molecule has 15 heavy (non-hydrogen) atoms. The second-order valence-corrected chi connectivity index (χ2v) is 3.69. The molecular weight excluding hydrogens is 190 g/mol. The Morgan fingerprint density at radius 3 is 2.73 bits per heavy atom. The van der Waals surface area contributed by atoms with Gasteiger partial charge in [-0.3, -0.25) is 0 Å². The third-order valence-electron chi connectivity index (χ3n) is 2.70. The van der Waals surface area contributed by atoms with Crippen molar-refractivity contribution >= 4 is 6.09 Å². The van der Waals surface area contributed by atoms with Crippen molar-refractivity contribution < 1.29 is 9.53 Å². The average molecular weight is 209 g/mol. The van der Waals surface area contributed by atoms with Gasteiger partial charge < -0.3 is 9.64 Å². The molecule has 3 nitrogen and oxygen atoms in total. The maximum absolute atomic E-state index is 11.6. The molecular formula is C12H19NO2. The quantitative estimate of drug-likeness (QED) is 0.629. The van der Waals surface area contributed by atoms with Crippen LogP contribution in [0.15, 0.2) is 25.3 Å². The Labute approximate surface area is 91.4 Å². The van der Waals surface area contributed by atoms with Crippen LogP contribution in [0.3, 0.4) is 0 Å². The molecule has 2 atom stereocenters. The van der Waals surface area contributed by atoms with Crippen LogP contribution in [0, 0.1) is 0 Å². The fraction of sp³-hybridized carbons (Fsp3) is 0.583. The summed E-state index contributed by atoms with van der Waals surface area (Å²) in [6.45, 7) is 10.1. The fourth-order valence-corrected chi connectivity index (χ4v) is 1.90. The topological polar surface area (TPSA) is 29.5 Å². The van der Waals surface area contributed by atoms with Gasteiger partial charge in [-0.2, -0.15) is 0 Å². The molecule has 3 heteroatoms. The molecule has 0 aromatic rings. The molecule has 84 valence electrons. The van der Waals surface area contributed by atoms with Crippen LogP contribution >= 0.6 is 0 Å². The summed E-state index contributed by atoms with van der Waals surface area (Å²) in [5.41, 5.74) is 0. The largest absolute Gasteiger partial charge is 0.444 e. The van der Waals surface area contributed by atoms with Gasteiger partial charge in [0.15, 0.2) is 0 Å². The molecule has 0 N–H and O–H groups in total. The molecule has 0 aromatic heterocycles. The van der Waals surface area contributed by atoms with Crippen LogP contribution in [0.4, 0.5) is 4.79 Å². The normalized spacial score (nSPS) is 25.1. The number of amides is 1. The van der Waals surface area contributed by atoms with Crippen molar-refractivity contribution in [1.29, 1.82) is 0 Å². The Kier molecular flexibility index (Phi) is 4.40. The minimum atomic E-state index is -0.199. The number of rotatable bonds is 6. The summed E-state index contributed by atoms with van der Waals surface area (Å²) in [5.74, 6) is 0. The van der Waals surface area contributed by atoms with E-state index >= 15 is 0 Å². The van der Waals surface area contributed by atoms with E-state index < -0.39 is 0 Å². The van der Waals surface area contributed by atoms with Crippen LogP contribution in [0.2, 0.25) is 0 Å². The lowest BCUT2D eigenvalue weighted by Gasteiger charge is -2.22. The highest BCUT2D eigenvalue weighted by molar-refractivity contribution is 5.70. The third kappa shape index (κ3) is 2.61. The summed E-state index contributed by atoms with van der Waals surface area (Å²) in [5, 5.41) is 0. The van der Waals surface area contributed by atoms with Gasteiger partial charge in [0.1, 0.15) is 6.10 Å². The van der Waals surface area contributed by atoms with Crippen molar-refractivity contribution in [2.45, 2.75) is 38.3 Å². The number of carbonyl (C=O) groups excluding carboxylic acids is 1. The van der Waals surface area contributed by atoms with E-state index in [-0.39, 0.29) is 18.2 Å². The molecule has 0 aromatic carbocycles. The molecule has 0 unspecified atom stereocenters. The zero-order valence-electron chi connectivity index (χ0n) is 9.32. The van der Waals surface area contributed by atoms with Crippen molar-refractivity contribution in [3.63, 3.8) is 0 Å². The molecule has 1 heterocycles. The van der Waals surface area contributed by atoms with Crippen LogP contribution in [0.25, 0.3) is 0 Å². The van der Waals surface area contributed by atoms with Crippen LogP contribution in [0.5, 0.6) is 0 Å². The summed E-state index contributed by atoms with van der Waals surface area (Å²) in [6, 6.07) is 0.153. The van der Waals surface area contributed by atoms with E-state index in [0.29, 0.717) is 6.54 Å². The van der Waals surface area contributed by atoms with Crippen LogP contribution in [-0.2, 0) is 4.74 Å². The minimum Gasteiger partial charge on any atom is -0.444 e. The van der Waals surface area contributed by atoms with Gasteiger partial charge in [-0.15, -0.1) is 13.2 Å². The molecule has 0 spiro atoms. The Morgan fingerprint density at radius 2 is 2.20 bits per heavy atom. The number of nitrogens with zero attached hydrogens (tertiary/aromatic N) is 1. The van der Waals surface area contributed by atoms with E-state index in [1.54, 1.807) is 4.90 Å². The molecule has 0 radical (unpaired) electrons. The monoisotopic (exact) mass is 209 g/mol. The van der Waals surface area contributed by atoms with E-state index in [1.807, 2.05) is 19.1 Å². The third-order valence-corrected chi connectivity index (χ3v) is 2.70. The van der Waals surface area contributed by atoms with E-state index in [9.17, 15) is 4.79 Å². The van der Waals surface area contributed by atoms with Gasteiger partial charge in [0.2, 0.25) is 0 Å². The van der Waals surface area contributed by atoms with Crippen molar-refractivity contribution in [3.8, 4) is 0 Å². The summed E-state index contributed by atoms with van der Waals surface area (Å²) in [7, 11) is 0. The average Bonchev–Trinajstić information content (AvgIpc) is 2.53. The maximum atomic E-state index is 11.6. The van der Waals surface area contributed by atoms with Gasteiger partial charge >= 0.3 is 6.09 Å². The zero-order valence-corrected chi connectivity index (χ0v) is 9.32. The first kappa shape index (κ1) is 11.8. The van der Waals surface area contributed by atoms with Gasteiger partial charge in [0.05, 0.1) is 6.04 Å². The summed E-state index contributed by atoms with van der Waals surface area (Å²) in [4.78, 5) is 13.4. The standard InChI is InChI=1S/C12H19NO2/c1-4-7-9-13-10(8-5-2)11(6-3)15-12(13)14/h4-5,10-11H,1-2,6-9H2,3H3/t10-,11-/m0/s1. The summed E-state index contributed by atoms with van der Waals surface area (Å²) < 4.78 is 5.29. The van der Waals surface area contributed by atoms with Crippen molar-refractivity contribution in [2.24, 2.45) is 0 Å². The zero-order chi connectivity index (χ0) is 11.3. The fourth-order valence-electron chi connectivity index (χ4n) is 1.90. The molecule has 0 aliphatic carbocycles. The van der Waals surface area contributed by atoms with Crippen molar-refractivity contribution in [2.75, 3.05) is 6.54 Å². The van der Waals surface area contributed by atoms with Gasteiger partial charge in [0.25, 0.3) is 0 Å². The Morgan fingerprint density at radius 1 is 1.47 bits per heavy atom. The molecule has 1 fully saturated rings. The Hall–Kier alpha value is -1.25. The first-order valence-corrected chi connectivity index (χ1v) is 5.43. The summed E-state index contributed by atoms with van der Waals surface area (Å²) >= 11 is 0. The smallest absolute Gasteiger partial charge is 0.410 e. The van der Waals surface area contributed by atoms with E-state index in [4.69, 9.17) is 4.74 Å². The van der Waals surface area contributed by atoms with Crippen LogP contribution in [-0.4, -0.2) is 29.7 Å². The molecule has 1 rings (SSSR count). The first-order valence-electron chi connectivity index (χ1n) is 5.43. The minimum absolute atomic E-state index is 0.0142. The highest BCUT2D eigenvalue weighted by Gasteiger charge is 2.38. The lowest BCUT2D eigenvalue weighted by Crippen LogP contribution is -2.36. The molecule has 0 saturated carbocycles. The number of hydrogen-bond acceptors (Lipinski definition) is 2. The number of carbonyl (C=O) groups is 1. The first-order chi connectivity index (χ1) is 7.24. The number of ether oxygens (including phenoxy) is 1. The van der Waals surface area contributed by atoms with Crippen LogP contribution < -0.4 is 0 Å². The molecule has 1 aliphatic rings. The molecule has 1 saturated heterocycles. The predicted molar refractivity (Wildman–Crippen MR) is 60.7 cm³/mol. The lowest BCUT2D eigenvalue weighted by molar-refractivity contribution is 0.127. The second kappa shape index (κ2) is 5.59. The van der Waals surface area contributed by atoms with Gasteiger partial charge in [-0.25, -0.2) is 4.79 Å². The summed E-state index contributed by atoms with van der Waals surface area (Å²) in [6.07, 6.45) is 5.93. The van der Waals surface area contributed by atoms with E-state index in [1.165, 1.54) is 0 Å². The lowest BCUT2D eigenvalue weighted by atomic mass is 10.0. The van der Waals surface area contributed by atoms with Crippen molar-refractivity contribution in [1.82, 2.24) is 4.90 Å². The Balaban J connectivity index is 2.67. The number of cyclic esters (lactones) is 1. The van der Waals surface area contributed by atoms with E-state index in [0.717, 1.165) is 19.3 Å².